The van der Waals surface area contributed by atoms with Gasteiger partial charge < -0.3 is 10.1 Å². The third-order valence-electron chi connectivity index (χ3n) is 4.09. The highest BCUT2D eigenvalue weighted by Crippen LogP contribution is 2.27. The van der Waals surface area contributed by atoms with Crippen LogP contribution in [0.1, 0.15) is 5.56 Å². The van der Waals surface area contributed by atoms with Crippen LogP contribution in [0.3, 0.4) is 0 Å². The van der Waals surface area contributed by atoms with Gasteiger partial charge in [0.15, 0.2) is 6.61 Å². The van der Waals surface area contributed by atoms with Gasteiger partial charge in [0.25, 0.3) is 15.9 Å². The predicted octanol–water partition coefficient (Wildman–Crippen LogP) is 5.12. The molecule has 0 aliphatic carbocycles. The van der Waals surface area contributed by atoms with Crippen LogP contribution < -0.4 is 14.8 Å². The van der Waals surface area contributed by atoms with Gasteiger partial charge in [-0.25, -0.2) is 8.42 Å². The zero-order valence-corrected chi connectivity index (χ0v) is 18.2. The average molecular weight is 465 g/mol. The fourth-order valence-corrected chi connectivity index (χ4v) is 3.88. The number of rotatable bonds is 7. The molecule has 0 fully saturated rings. The summed E-state index contributed by atoms with van der Waals surface area (Å²) in [6.45, 7) is 1.68. The van der Waals surface area contributed by atoms with E-state index in [0.29, 0.717) is 16.5 Å². The number of aryl methyl sites for hydroxylation is 1. The summed E-state index contributed by atoms with van der Waals surface area (Å²) in [7, 11) is -3.82. The zero-order valence-electron chi connectivity index (χ0n) is 15.9. The maximum absolute atomic E-state index is 12.5. The second kappa shape index (κ2) is 9.38. The van der Waals surface area contributed by atoms with E-state index in [-0.39, 0.29) is 28.1 Å². The number of benzene rings is 3. The van der Waals surface area contributed by atoms with Crippen molar-refractivity contribution in [2.45, 2.75) is 11.8 Å². The highest BCUT2D eigenvalue weighted by molar-refractivity contribution is 7.92. The molecule has 0 radical (unpaired) electrons. The first-order valence-electron chi connectivity index (χ1n) is 8.81. The van der Waals surface area contributed by atoms with Crippen LogP contribution in [-0.4, -0.2) is 20.9 Å². The van der Waals surface area contributed by atoms with E-state index in [1.165, 1.54) is 42.5 Å². The number of amides is 1. The Morgan fingerprint density at radius 2 is 1.67 bits per heavy atom. The van der Waals surface area contributed by atoms with Crippen LogP contribution in [0.25, 0.3) is 0 Å². The molecular formula is C21H18Cl2N2O4S. The number of carbonyl (C=O) groups excluding carboxylic acids is 1. The smallest absolute Gasteiger partial charge is 0.262 e. The van der Waals surface area contributed by atoms with E-state index < -0.39 is 10.0 Å². The molecule has 9 heteroatoms. The van der Waals surface area contributed by atoms with Crippen LogP contribution >= 0.6 is 23.2 Å². The number of nitrogens with one attached hydrogen (secondary N) is 2. The summed E-state index contributed by atoms with van der Waals surface area (Å²) in [6, 6.07) is 17.6. The van der Waals surface area contributed by atoms with Crippen molar-refractivity contribution >= 4 is 50.5 Å². The van der Waals surface area contributed by atoms with Gasteiger partial charge in [0.1, 0.15) is 5.75 Å². The standard InChI is InChI=1S/C21H18Cl2N2O4S/c1-14-4-2-3-5-20(14)24-21(26)13-29-16-7-9-17(10-8-16)30(27,28)25-15-6-11-18(22)19(23)12-15/h2-12,25H,13H2,1H3,(H,24,26). The molecule has 0 saturated heterocycles. The highest BCUT2D eigenvalue weighted by Gasteiger charge is 2.15. The molecule has 0 spiro atoms. The molecule has 3 rings (SSSR count). The number of anilines is 2. The lowest BCUT2D eigenvalue weighted by molar-refractivity contribution is -0.118. The second-order valence-electron chi connectivity index (χ2n) is 6.36. The molecule has 0 aliphatic heterocycles. The lowest BCUT2D eigenvalue weighted by atomic mass is 10.2. The topological polar surface area (TPSA) is 84.5 Å². The Hall–Kier alpha value is -2.74. The van der Waals surface area contributed by atoms with Gasteiger partial charge in [0, 0.05) is 5.69 Å². The molecule has 0 saturated carbocycles. The number of para-hydroxylation sites is 1. The van der Waals surface area contributed by atoms with Gasteiger partial charge in [-0.1, -0.05) is 41.4 Å². The van der Waals surface area contributed by atoms with Crippen LogP contribution in [0.4, 0.5) is 11.4 Å². The Morgan fingerprint density at radius 3 is 2.33 bits per heavy atom. The molecule has 0 aliphatic rings. The van der Waals surface area contributed by atoms with Crippen molar-refractivity contribution in [3.63, 3.8) is 0 Å². The third kappa shape index (κ3) is 5.66. The van der Waals surface area contributed by atoms with Gasteiger partial charge in [-0.3, -0.25) is 9.52 Å². The van der Waals surface area contributed by atoms with Crippen molar-refractivity contribution in [2.75, 3.05) is 16.6 Å². The Bertz CT molecular complexity index is 1170. The number of carbonyl (C=O) groups is 1. The van der Waals surface area contributed by atoms with Gasteiger partial charge in [0.05, 0.1) is 20.6 Å². The van der Waals surface area contributed by atoms with E-state index in [4.69, 9.17) is 27.9 Å². The van der Waals surface area contributed by atoms with Crippen LogP contribution in [0.5, 0.6) is 5.75 Å². The van der Waals surface area contributed by atoms with E-state index in [0.717, 1.165) is 5.56 Å². The first kappa shape index (κ1) is 22.0. The van der Waals surface area contributed by atoms with Gasteiger partial charge in [0.2, 0.25) is 0 Å². The lowest BCUT2D eigenvalue weighted by Gasteiger charge is -2.11. The molecule has 0 unspecified atom stereocenters. The molecule has 2 N–H and O–H groups in total. The number of hydrogen-bond donors (Lipinski definition) is 2. The van der Waals surface area contributed by atoms with Crippen molar-refractivity contribution < 1.29 is 17.9 Å². The Labute approximate surface area is 184 Å². The van der Waals surface area contributed by atoms with Crippen molar-refractivity contribution in [3.05, 3.63) is 82.3 Å². The SMILES string of the molecule is Cc1ccccc1NC(=O)COc1ccc(S(=O)(=O)Nc2ccc(Cl)c(Cl)c2)cc1. The Balaban J connectivity index is 1.60. The second-order valence-corrected chi connectivity index (χ2v) is 8.85. The van der Waals surface area contributed by atoms with Crippen LogP contribution in [0.2, 0.25) is 10.0 Å². The Morgan fingerprint density at radius 1 is 0.967 bits per heavy atom. The molecule has 3 aromatic rings. The van der Waals surface area contributed by atoms with Crippen LogP contribution in [-0.2, 0) is 14.8 Å². The fraction of sp³-hybridized carbons (Fsp3) is 0.0952. The summed E-state index contributed by atoms with van der Waals surface area (Å²) in [5.74, 6) is 0.0469. The molecule has 0 heterocycles. The fourth-order valence-electron chi connectivity index (χ4n) is 2.54. The molecule has 0 bridgehead atoms. The van der Waals surface area contributed by atoms with E-state index in [1.807, 2.05) is 25.1 Å². The van der Waals surface area contributed by atoms with Gasteiger partial charge >= 0.3 is 0 Å². The van der Waals surface area contributed by atoms with Gasteiger partial charge in [-0.15, -0.1) is 0 Å². The number of sulfonamides is 1. The van der Waals surface area contributed by atoms with Crippen molar-refractivity contribution in [2.24, 2.45) is 0 Å². The summed E-state index contributed by atoms with van der Waals surface area (Å²) >= 11 is 11.8. The van der Waals surface area contributed by atoms with Gasteiger partial charge in [-0.2, -0.15) is 0 Å². The van der Waals surface area contributed by atoms with E-state index >= 15 is 0 Å². The van der Waals surface area contributed by atoms with E-state index in [2.05, 4.69) is 10.0 Å². The molecule has 30 heavy (non-hydrogen) atoms. The summed E-state index contributed by atoms with van der Waals surface area (Å²) in [5.41, 5.74) is 1.94. The normalized spacial score (nSPS) is 11.0. The minimum atomic E-state index is -3.82. The highest BCUT2D eigenvalue weighted by atomic mass is 35.5. The monoisotopic (exact) mass is 464 g/mol. The molecule has 1 amide bonds. The van der Waals surface area contributed by atoms with Crippen molar-refractivity contribution in [3.8, 4) is 5.75 Å². The predicted molar refractivity (Wildman–Crippen MR) is 119 cm³/mol. The third-order valence-corrected chi connectivity index (χ3v) is 6.23. The maximum Gasteiger partial charge on any atom is 0.262 e. The molecule has 156 valence electrons. The number of hydrogen-bond acceptors (Lipinski definition) is 4. The molecule has 3 aromatic carbocycles. The maximum atomic E-state index is 12.5. The first-order chi connectivity index (χ1) is 14.2. The summed E-state index contributed by atoms with van der Waals surface area (Å²) in [4.78, 5) is 12.1. The van der Waals surface area contributed by atoms with Crippen LogP contribution in [0.15, 0.2) is 71.6 Å². The zero-order chi connectivity index (χ0) is 21.7. The van der Waals surface area contributed by atoms with Crippen molar-refractivity contribution in [1.29, 1.82) is 0 Å². The number of halogens is 2. The molecule has 6 nitrogen and oxygen atoms in total. The minimum absolute atomic E-state index is 0.0327. The summed E-state index contributed by atoms with van der Waals surface area (Å²) in [5, 5.41) is 3.33. The van der Waals surface area contributed by atoms with Crippen molar-refractivity contribution in [1.82, 2.24) is 0 Å². The van der Waals surface area contributed by atoms with E-state index in [9.17, 15) is 13.2 Å². The minimum Gasteiger partial charge on any atom is -0.484 e. The molecule has 0 atom stereocenters. The summed E-state index contributed by atoms with van der Waals surface area (Å²) in [6.07, 6.45) is 0. The quantitative estimate of drug-likeness (QED) is 0.507. The van der Waals surface area contributed by atoms with Gasteiger partial charge in [-0.05, 0) is 61.0 Å². The largest absolute Gasteiger partial charge is 0.484 e. The Kier molecular flexibility index (Phi) is 6.87. The first-order valence-corrected chi connectivity index (χ1v) is 11.0. The molecule has 0 aromatic heterocycles. The molecular weight excluding hydrogens is 447 g/mol. The van der Waals surface area contributed by atoms with Crippen LogP contribution in [0, 0.1) is 6.92 Å². The lowest BCUT2D eigenvalue weighted by Crippen LogP contribution is -2.20. The average Bonchev–Trinajstić information content (AvgIpc) is 2.71. The van der Waals surface area contributed by atoms with E-state index in [1.54, 1.807) is 6.07 Å². The summed E-state index contributed by atoms with van der Waals surface area (Å²) < 4.78 is 32.9. The number of ether oxygens (including phenoxy) is 1.